The van der Waals surface area contributed by atoms with Crippen LogP contribution in [0.1, 0.15) is 5.56 Å². The summed E-state index contributed by atoms with van der Waals surface area (Å²) in [6.45, 7) is 0. The molecule has 1 aromatic carbocycles. The van der Waals surface area contributed by atoms with E-state index in [0.29, 0.717) is 17.3 Å². The molecule has 0 saturated heterocycles. The number of carbonyl (C=O) groups excluding carboxylic acids is 1. The van der Waals surface area contributed by atoms with Crippen molar-refractivity contribution in [2.24, 2.45) is 0 Å². The van der Waals surface area contributed by atoms with Crippen LogP contribution in [0.5, 0.6) is 0 Å². The summed E-state index contributed by atoms with van der Waals surface area (Å²) in [6, 6.07) is 8.68. The van der Waals surface area contributed by atoms with Gasteiger partial charge in [-0.15, -0.1) is 11.8 Å². The molecule has 6 heteroatoms. The van der Waals surface area contributed by atoms with Crippen LogP contribution in [0.2, 0.25) is 0 Å². The fourth-order valence-corrected chi connectivity index (χ4v) is 4.03. The zero-order valence-corrected chi connectivity index (χ0v) is 11.3. The highest BCUT2D eigenvalue weighted by molar-refractivity contribution is 9.11. The average Bonchev–Trinajstić information content (AvgIpc) is 2.70. The number of benzene rings is 1. The van der Waals surface area contributed by atoms with Crippen molar-refractivity contribution >= 4 is 34.0 Å². The molecule has 0 aliphatic carbocycles. The lowest BCUT2D eigenvalue weighted by Gasteiger charge is -2.28. The molecular weight excluding hydrogens is 329 g/mol. The number of halogens is 4. The van der Waals surface area contributed by atoms with Crippen LogP contribution < -0.4 is 0 Å². The second-order valence-corrected chi connectivity index (χ2v) is 7.15. The van der Waals surface area contributed by atoms with E-state index in [1.165, 1.54) is 6.08 Å². The highest BCUT2D eigenvalue weighted by atomic mass is 79.9. The van der Waals surface area contributed by atoms with Gasteiger partial charge in [0.15, 0.2) is 4.75 Å². The van der Waals surface area contributed by atoms with Crippen molar-refractivity contribution in [1.29, 1.82) is 0 Å². The van der Waals surface area contributed by atoms with Crippen molar-refractivity contribution in [3.8, 4) is 0 Å². The maximum Gasteiger partial charge on any atom is 0.413 e. The summed E-state index contributed by atoms with van der Waals surface area (Å²) in [5.74, 6) is 0. The molecule has 96 valence electrons. The Morgan fingerprint density at radius 3 is 2.22 bits per heavy atom. The number of hydrogen-bond acceptors (Lipinski definition) is 2. The van der Waals surface area contributed by atoms with Gasteiger partial charge in [0.1, 0.15) is 9.94 Å². The fraction of sp³-hybridized carbons (Fsp3) is 0.250. The van der Waals surface area contributed by atoms with Crippen LogP contribution in [0.25, 0.3) is 0 Å². The molecule has 1 aliphatic heterocycles. The van der Waals surface area contributed by atoms with Crippen molar-refractivity contribution in [2.75, 3.05) is 0 Å². The van der Waals surface area contributed by atoms with E-state index in [4.69, 9.17) is 0 Å². The van der Waals surface area contributed by atoms with Crippen molar-refractivity contribution < 1.29 is 18.0 Å². The first-order valence-electron chi connectivity index (χ1n) is 5.01. The number of rotatable bonds is 2. The Morgan fingerprint density at radius 1 is 1.17 bits per heavy atom. The van der Waals surface area contributed by atoms with Crippen molar-refractivity contribution in [3.63, 3.8) is 0 Å². The summed E-state index contributed by atoms with van der Waals surface area (Å²) in [4.78, 5) is 10.9. The van der Waals surface area contributed by atoms with Gasteiger partial charge in [-0.3, -0.25) is 0 Å². The summed E-state index contributed by atoms with van der Waals surface area (Å²) >= 11 is 3.81. The normalized spacial score (nSPS) is 31.6. The van der Waals surface area contributed by atoms with Gasteiger partial charge in [0.05, 0.1) is 0 Å². The predicted molar refractivity (Wildman–Crippen MR) is 68.6 cm³/mol. The molecule has 18 heavy (non-hydrogen) atoms. The van der Waals surface area contributed by atoms with Crippen LogP contribution in [0.15, 0.2) is 42.5 Å². The van der Waals surface area contributed by atoms with E-state index in [0.717, 1.165) is 6.08 Å². The maximum absolute atomic E-state index is 13.0. The van der Waals surface area contributed by atoms with E-state index in [2.05, 4.69) is 15.9 Å². The third-order valence-corrected chi connectivity index (χ3v) is 5.33. The Labute approximate surface area is 115 Å². The van der Waals surface area contributed by atoms with Crippen LogP contribution in [-0.2, 0) is 8.45 Å². The molecular formula is C12H8BrF3OS. The van der Waals surface area contributed by atoms with Gasteiger partial charge in [-0.25, -0.2) is 0 Å². The summed E-state index contributed by atoms with van der Waals surface area (Å²) in [5.41, 5.74) is 0.666. The third-order valence-electron chi connectivity index (χ3n) is 2.65. The Kier molecular flexibility index (Phi) is 3.36. The Morgan fingerprint density at radius 2 is 1.78 bits per heavy atom. The third kappa shape index (κ3) is 2.12. The summed E-state index contributed by atoms with van der Waals surface area (Å²) in [7, 11) is 0. The highest BCUT2D eigenvalue weighted by Crippen LogP contribution is 2.59. The second-order valence-electron chi connectivity index (χ2n) is 3.86. The molecule has 0 radical (unpaired) electrons. The molecule has 0 fully saturated rings. The smallest absolute Gasteiger partial charge is 0.301 e. The van der Waals surface area contributed by atoms with E-state index >= 15 is 0 Å². The van der Waals surface area contributed by atoms with Crippen LogP contribution in [0, 0.1) is 0 Å². The lowest BCUT2D eigenvalue weighted by atomic mass is 10.1. The van der Waals surface area contributed by atoms with E-state index in [-0.39, 0.29) is 6.29 Å². The molecule has 1 heterocycles. The molecule has 1 nitrogen and oxygen atoms in total. The van der Waals surface area contributed by atoms with Gasteiger partial charge in [-0.1, -0.05) is 58.4 Å². The summed E-state index contributed by atoms with van der Waals surface area (Å²) in [6.07, 6.45) is -2.39. The van der Waals surface area contributed by atoms with Gasteiger partial charge in [0, 0.05) is 0 Å². The molecule has 2 rings (SSSR count). The van der Waals surface area contributed by atoms with E-state index in [9.17, 15) is 18.0 Å². The molecule has 0 spiro atoms. The topological polar surface area (TPSA) is 17.1 Å². The predicted octanol–water partition coefficient (Wildman–Crippen LogP) is 4.04. The largest absolute Gasteiger partial charge is 0.413 e. The Hall–Kier alpha value is -0.750. The van der Waals surface area contributed by atoms with Crippen LogP contribution in [0.4, 0.5) is 13.2 Å². The monoisotopic (exact) mass is 336 g/mol. The van der Waals surface area contributed by atoms with Crippen molar-refractivity contribution in [3.05, 3.63) is 48.0 Å². The average molecular weight is 337 g/mol. The minimum absolute atomic E-state index is 0.0554. The second kappa shape index (κ2) is 4.42. The minimum Gasteiger partial charge on any atom is -0.301 e. The molecule has 1 aromatic rings. The van der Waals surface area contributed by atoms with Gasteiger partial charge < -0.3 is 4.79 Å². The van der Waals surface area contributed by atoms with Crippen molar-refractivity contribution in [1.82, 2.24) is 0 Å². The molecule has 1 aliphatic rings. The first-order chi connectivity index (χ1) is 8.33. The lowest BCUT2D eigenvalue weighted by molar-refractivity contribution is -0.153. The molecule has 0 saturated carbocycles. The van der Waals surface area contributed by atoms with Gasteiger partial charge in [0.2, 0.25) is 0 Å². The fourth-order valence-electron chi connectivity index (χ4n) is 1.65. The highest BCUT2D eigenvalue weighted by Gasteiger charge is 2.60. The number of hydrogen-bond donors (Lipinski definition) is 0. The van der Waals surface area contributed by atoms with Crippen LogP contribution in [-0.4, -0.2) is 17.2 Å². The van der Waals surface area contributed by atoms with Gasteiger partial charge in [-0.2, -0.15) is 13.2 Å². The molecule has 0 N–H and O–H groups in total. The first kappa shape index (κ1) is 13.7. The standard InChI is InChI=1S/C12H8BrF3OS/c13-11(9-4-2-1-3-5-9)7-6-10(8-17,18-11)12(14,15)16/h1-8H. The zero-order valence-electron chi connectivity index (χ0n) is 8.95. The Balaban J connectivity index is 2.39. The maximum atomic E-state index is 13.0. The van der Waals surface area contributed by atoms with E-state index < -0.39 is 14.6 Å². The van der Waals surface area contributed by atoms with E-state index in [1.807, 2.05) is 0 Å². The molecule has 0 amide bonds. The SMILES string of the molecule is O=CC1(C(F)(F)F)C=CC(Br)(c2ccccc2)S1. The van der Waals surface area contributed by atoms with Gasteiger partial charge >= 0.3 is 6.18 Å². The first-order valence-corrected chi connectivity index (χ1v) is 6.62. The van der Waals surface area contributed by atoms with E-state index in [1.54, 1.807) is 30.3 Å². The lowest BCUT2D eigenvalue weighted by Crippen LogP contribution is -2.41. The zero-order chi connectivity index (χ0) is 13.4. The summed E-state index contributed by atoms with van der Waals surface area (Å²) < 4.78 is 35.4. The van der Waals surface area contributed by atoms with Gasteiger partial charge in [0.25, 0.3) is 0 Å². The molecule has 2 atom stereocenters. The van der Waals surface area contributed by atoms with Gasteiger partial charge in [-0.05, 0) is 5.56 Å². The number of thioether (sulfide) groups is 1. The quantitative estimate of drug-likeness (QED) is 0.460. The van der Waals surface area contributed by atoms with Crippen molar-refractivity contribution in [2.45, 2.75) is 14.6 Å². The van der Waals surface area contributed by atoms with Crippen LogP contribution >= 0.6 is 27.7 Å². The number of alkyl halides is 4. The number of carbonyl (C=O) groups is 1. The summed E-state index contributed by atoms with van der Waals surface area (Å²) in [5, 5.41) is 0. The minimum atomic E-state index is -4.61. The molecule has 0 bridgehead atoms. The van der Waals surface area contributed by atoms with Crippen LogP contribution in [0.3, 0.4) is 0 Å². The molecule has 2 unspecified atom stereocenters. The number of aldehydes is 1. The Bertz CT molecular complexity index is 488. The molecule has 0 aromatic heterocycles.